The first kappa shape index (κ1) is 17.0. The van der Waals surface area contributed by atoms with Crippen LogP contribution in [0.15, 0.2) is 24.3 Å². The number of carbonyl (C=O) groups excluding carboxylic acids is 1. The molecule has 1 aromatic rings. The molecule has 1 atom stereocenters. The number of rotatable bonds is 3. The Morgan fingerprint density at radius 2 is 1.77 bits per heavy atom. The lowest BCUT2D eigenvalue weighted by Gasteiger charge is -2.36. The molecule has 1 aliphatic heterocycles. The average molecular weight is 302 g/mol. The van der Waals surface area contributed by atoms with Gasteiger partial charge >= 0.3 is 0 Å². The average Bonchev–Trinajstić information content (AvgIpc) is 2.48. The molecule has 2 rings (SSSR count). The minimum atomic E-state index is -0.402. The molecule has 1 aromatic carbocycles. The molecule has 1 saturated heterocycles. The first-order valence-corrected chi connectivity index (χ1v) is 8.37. The van der Waals surface area contributed by atoms with Gasteiger partial charge in [-0.15, -0.1) is 0 Å². The Morgan fingerprint density at radius 3 is 2.27 bits per heavy atom. The van der Waals surface area contributed by atoms with Crippen molar-refractivity contribution in [1.29, 1.82) is 0 Å². The Labute approximate surface area is 134 Å². The molecule has 0 spiro atoms. The summed E-state index contributed by atoms with van der Waals surface area (Å²) in [6.07, 6.45) is 3.28. The van der Waals surface area contributed by atoms with Gasteiger partial charge < -0.3 is 10.6 Å². The Hall–Kier alpha value is -1.35. The SMILES string of the molecule is Cc1ccc(CC2CCN(C(=O)[C@@H](N)C(C)(C)C)CC2)cc1. The van der Waals surface area contributed by atoms with Crippen molar-refractivity contribution in [3.8, 4) is 0 Å². The zero-order valence-corrected chi connectivity index (χ0v) is 14.4. The Morgan fingerprint density at radius 1 is 1.23 bits per heavy atom. The first-order chi connectivity index (χ1) is 10.3. The van der Waals surface area contributed by atoms with Crippen LogP contribution in [-0.4, -0.2) is 29.9 Å². The third-order valence-corrected chi connectivity index (χ3v) is 4.77. The quantitative estimate of drug-likeness (QED) is 0.932. The summed E-state index contributed by atoms with van der Waals surface area (Å²) in [7, 11) is 0. The van der Waals surface area contributed by atoms with Crippen molar-refractivity contribution in [2.45, 2.75) is 53.0 Å². The lowest BCUT2D eigenvalue weighted by atomic mass is 9.85. The minimum absolute atomic E-state index is 0.112. The van der Waals surface area contributed by atoms with Gasteiger partial charge in [-0.2, -0.15) is 0 Å². The van der Waals surface area contributed by atoms with Crippen molar-refractivity contribution in [3.63, 3.8) is 0 Å². The van der Waals surface area contributed by atoms with Crippen LogP contribution in [0.1, 0.15) is 44.7 Å². The van der Waals surface area contributed by atoms with Crippen LogP contribution < -0.4 is 5.73 Å². The summed E-state index contributed by atoms with van der Waals surface area (Å²) in [5.74, 6) is 0.791. The van der Waals surface area contributed by atoms with E-state index in [1.165, 1.54) is 11.1 Å². The first-order valence-electron chi connectivity index (χ1n) is 8.37. The van der Waals surface area contributed by atoms with Crippen LogP contribution in [0.2, 0.25) is 0 Å². The van der Waals surface area contributed by atoms with E-state index in [0.29, 0.717) is 5.92 Å². The molecule has 0 radical (unpaired) electrons. The molecule has 1 amide bonds. The fraction of sp³-hybridized carbons (Fsp3) is 0.632. The summed E-state index contributed by atoms with van der Waals surface area (Å²) in [6.45, 7) is 9.89. The second kappa shape index (κ2) is 6.82. The normalized spacial score (nSPS) is 18.3. The lowest BCUT2D eigenvalue weighted by Crippen LogP contribution is -2.52. The van der Waals surface area contributed by atoms with Gasteiger partial charge in [0.25, 0.3) is 0 Å². The molecule has 22 heavy (non-hydrogen) atoms. The van der Waals surface area contributed by atoms with Crippen LogP contribution in [0.3, 0.4) is 0 Å². The number of piperidine rings is 1. The summed E-state index contributed by atoms with van der Waals surface area (Å²) >= 11 is 0. The number of hydrogen-bond acceptors (Lipinski definition) is 2. The largest absolute Gasteiger partial charge is 0.341 e. The summed E-state index contributed by atoms with van der Waals surface area (Å²) < 4.78 is 0. The van der Waals surface area contributed by atoms with E-state index in [1.54, 1.807) is 0 Å². The van der Waals surface area contributed by atoms with Gasteiger partial charge in [-0.3, -0.25) is 4.79 Å². The fourth-order valence-corrected chi connectivity index (χ4v) is 2.98. The highest BCUT2D eigenvalue weighted by Crippen LogP contribution is 2.25. The van der Waals surface area contributed by atoms with Crippen LogP contribution in [0.5, 0.6) is 0 Å². The van der Waals surface area contributed by atoms with Crippen molar-refractivity contribution in [3.05, 3.63) is 35.4 Å². The van der Waals surface area contributed by atoms with E-state index in [-0.39, 0.29) is 11.3 Å². The number of carbonyl (C=O) groups is 1. The molecular weight excluding hydrogens is 272 g/mol. The van der Waals surface area contributed by atoms with Gasteiger partial charge in [0.15, 0.2) is 0 Å². The smallest absolute Gasteiger partial charge is 0.240 e. The number of nitrogens with two attached hydrogens (primary N) is 1. The molecule has 1 aliphatic rings. The second-order valence-corrected chi connectivity index (χ2v) is 7.80. The standard InChI is InChI=1S/C19H30N2O/c1-14-5-7-15(8-6-14)13-16-9-11-21(12-10-16)18(22)17(20)19(2,3)4/h5-8,16-17H,9-13,20H2,1-4H3/t17-/m1/s1. The molecule has 3 heteroatoms. The predicted octanol–water partition coefficient (Wildman–Crippen LogP) is 3.15. The highest BCUT2D eigenvalue weighted by atomic mass is 16.2. The van der Waals surface area contributed by atoms with Gasteiger partial charge in [0.2, 0.25) is 5.91 Å². The van der Waals surface area contributed by atoms with Crippen LogP contribution in [0.4, 0.5) is 0 Å². The van der Waals surface area contributed by atoms with Gasteiger partial charge in [0.05, 0.1) is 6.04 Å². The minimum Gasteiger partial charge on any atom is -0.341 e. The highest BCUT2D eigenvalue weighted by Gasteiger charge is 2.32. The molecule has 0 aromatic heterocycles. The number of likely N-dealkylation sites (tertiary alicyclic amines) is 1. The number of hydrogen-bond donors (Lipinski definition) is 1. The second-order valence-electron chi connectivity index (χ2n) is 7.80. The molecule has 0 unspecified atom stereocenters. The number of aryl methyl sites for hydroxylation is 1. The molecule has 3 nitrogen and oxygen atoms in total. The van der Waals surface area contributed by atoms with E-state index in [1.807, 2.05) is 25.7 Å². The van der Waals surface area contributed by atoms with Crippen LogP contribution >= 0.6 is 0 Å². The van der Waals surface area contributed by atoms with E-state index < -0.39 is 6.04 Å². The molecule has 1 fully saturated rings. The highest BCUT2D eigenvalue weighted by molar-refractivity contribution is 5.82. The molecule has 0 bridgehead atoms. The van der Waals surface area contributed by atoms with Crippen LogP contribution in [0, 0.1) is 18.3 Å². The Bertz CT molecular complexity index is 493. The molecule has 0 saturated carbocycles. The molecule has 122 valence electrons. The van der Waals surface area contributed by atoms with Crippen molar-refractivity contribution in [2.75, 3.05) is 13.1 Å². The molecule has 2 N–H and O–H groups in total. The van der Waals surface area contributed by atoms with Crippen molar-refractivity contribution in [2.24, 2.45) is 17.1 Å². The van der Waals surface area contributed by atoms with Crippen LogP contribution in [-0.2, 0) is 11.2 Å². The molecule has 0 aliphatic carbocycles. The number of benzene rings is 1. The van der Waals surface area contributed by atoms with Gasteiger partial charge in [-0.1, -0.05) is 50.6 Å². The fourth-order valence-electron chi connectivity index (χ4n) is 2.98. The number of nitrogens with zero attached hydrogens (tertiary/aromatic N) is 1. The third-order valence-electron chi connectivity index (χ3n) is 4.77. The van der Waals surface area contributed by atoms with Gasteiger partial charge in [0.1, 0.15) is 0 Å². The maximum Gasteiger partial charge on any atom is 0.240 e. The zero-order chi connectivity index (χ0) is 16.3. The van der Waals surface area contributed by atoms with Gasteiger partial charge in [-0.25, -0.2) is 0 Å². The lowest BCUT2D eigenvalue weighted by molar-refractivity contribution is -0.136. The number of amides is 1. The van der Waals surface area contributed by atoms with E-state index in [2.05, 4.69) is 31.2 Å². The van der Waals surface area contributed by atoms with Gasteiger partial charge in [0, 0.05) is 13.1 Å². The summed E-state index contributed by atoms with van der Waals surface area (Å²) in [4.78, 5) is 14.4. The predicted molar refractivity (Wildman–Crippen MR) is 91.6 cm³/mol. The van der Waals surface area contributed by atoms with Crippen molar-refractivity contribution >= 4 is 5.91 Å². The van der Waals surface area contributed by atoms with Crippen molar-refractivity contribution in [1.82, 2.24) is 4.90 Å². The topological polar surface area (TPSA) is 46.3 Å². The summed E-state index contributed by atoms with van der Waals surface area (Å²) in [5, 5.41) is 0. The Kier molecular flexibility index (Phi) is 5.28. The maximum absolute atomic E-state index is 12.4. The van der Waals surface area contributed by atoms with Gasteiger partial charge in [-0.05, 0) is 43.1 Å². The summed E-state index contributed by atoms with van der Waals surface area (Å²) in [6, 6.07) is 8.40. The third kappa shape index (κ3) is 4.33. The molecular formula is C19H30N2O. The van der Waals surface area contributed by atoms with E-state index >= 15 is 0 Å². The maximum atomic E-state index is 12.4. The van der Waals surface area contributed by atoms with Crippen molar-refractivity contribution < 1.29 is 4.79 Å². The molecule has 1 heterocycles. The zero-order valence-electron chi connectivity index (χ0n) is 14.4. The summed E-state index contributed by atoms with van der Waals surface area (Å²) in [5.41, 5.74) is 8.65. The van der Waals surface area contributed by atoms with Crippen LogP contribution in [0.25, 0.3) is 0 Å². The monoisotopic (exact) mass is 302 g/mol. The van der Waals surface area contributed by atoms with E-state index in [4.69, 9.17) is 5.73 Å². The Balaban J connectivity index is 1.85. The van der Waals surface area contributed by atoms with E-state index in [9.17, 15) is 4.79 Å². The van der Waals surface area contributed by atoms with E-state index in [0.717, 1.165) is 32.4 Å².